The van der Waals surface area contributed by atoms with Crippen LogP contribution in [0.2, 0.25) is 10.0 Å². The van der Waals surface area contributed by atoms with Gasteiger partial charge >= 0.3 is 0 Å². The molecular weight excluding hydrogens is 331 g/mol. The molecule has 0 heterocycles. The number of hydrogen-bond acceptors (Lipinski definition) is 1. The van der Waals surface area contributed by atoms with E-state index in [2.05, 4.69) is 5.32 Å². The normalized spacial score (nSPS) is 12.0. The number of hydrogen-bond donors (Lipinski definition) is 2. The van der Waals surface area contributed by atoms with Gasteiger partial charge in [-0.3, -0.25) is 4.79 Å². The SMILES string of the molecule is Cc1cc(C)c(NC(=O)C[NH2+][C@H](C)c2cccc(Cl)c2)c(Cl)c1. The quantitative estimate of drug-likeness (QED) is 0.843. The lowest BCUT2D eigenvalue weighted by molar-refractivity contribution is -0.682. The van der Waals surface area contributed by atoms with Crippen molar-refractivity contribution in [2.45, 2.75) is 26.8 Å². The summed E-state index contributed by atoms with van der Waals surface area (Å²) < 4.78 is 0. The number of quaternary nitrogens is 1. The van der Waals surface area contributed by atoms with Crippen LogP contribution in [0.15, 0.2) is 36.4 Å². The summed E-state index contributed by atoms with van der Waals surface area (Å²) in [7, 11) is 0. The number of anilines is 1. The van der Waals surface area contributed by atoms with Crippen molar-refractivity contribution < 1.29 is 10.1 Å². The fraction of sp³-hybridized carbons (Fsp3) is 0.278. The largest absolute Gasteiger partial charge is 0.333 e. The van der Waals surface area contributed by atoms with Crippen LogP contribution < -0.4 is 10.6 Å². The minimum absolute atomic E-state index is 0.0762. The van der Waals surface area contributed by atoms with Crippen molar-refractivity contribution in [1.82, 2.24) is 0 Å². The van der Waals surface area contributed by atoms with E-state index >= 15 is 0 Å². The molecule has 0 fully saturated rings. The Morgan fingerprint density at radius 2 is 1.96 bits per heavy atom. The zero-order valence-corrected chi connectivity index (χ0v) is 15.0. The second kappa shape index (κ2) is 7.82. The number of benzene rings is 2. The zero-order valence-electron chi connectivity index (χ0n) is 13.5. The summed E-state index contributed by atoms with van der Waals surface area (Å²) in [5.41, 5.74) is 3.82. The lowest BCUT2D eigenvalue weighted by atomic mass is 10.1. The van der Waals surface area contributed by atoms with Gasteiger partial charge in [0.25, 0.3) is 5.91 Å². The number of rotatable bonds is 5. The molecule has 0 saturated carbocycles. The molecule has 0 unspecified atom stereocenters. The second-order valence-electron chi connectivity index (χ2n) is 5.77. The molecule has 0 aromatic heterocycles. The Kier molecular flexibility index (Phi) is 6.05. The molecule has 0 spiro atoms. The Hall–Kier alpha value is -1.55. The number of carbonyl (C=O) groups excluding carboxylic acids is 1. The smallest absolute Gasteiger partial charge is 0.279 e. The zero-order chi connectivity index (χ0) is 17.0. The van der Waals surface area contributed by atoms with Gasteiger partial charge in [-0.25, -0.2) is 0 Å². The van der Waals surface area contributed by atoms with Gasteiger partial charge < -0.3 is 10.6 Å². The fourth-order valence-electron chi connectivity index (χ4n) is 2.47. The predicted molar refractivity (Wildman–Crippen MR) is 96.2 cm³/mol. The van der Waals surface area contributed by atoms with Crippen LogP contribution in [0.1, 0.15) is 29.7 Å². The first-order valence-electron chi connectivity index (χ1n) is 7.52. The van der Waals surface area contributed by atoms with E-state index in [1.165, 1.54) is 0 Å². The highest BCUT2D eigenvalue weighted by atomic mass is 35.5. The molecule has 0 aliphatic heterocycles. The van der Waals surface area contributed by atoms with Gasteiger partial charge in [0.2, 0.25) is 0 Å². The third-order valence-electron chi connectivity index (χ3n) is 3.73. The summed E-state index contributed by atoms with van der Waals surface area (Å²) in [4.78, 5) is 12.2. The highest BCUT2D eigenvalue weighted by molar-refractivity contribution is 6.34. The number of carbonyl (C=O) groups is 1. The number of halogens is 2. The molecule has 2 aromatic carbocycles. The molecule has 0 aliphatic carbocycles. The standard InChI is InChI=1S/C18H20Cl2N2O/c1-11-7-12(2)18(16(20)8-11)22-17(23)10-21-13(3)14-5-4-6-15(19)9-14/h4-9,13,21H,10H2,1-3H3,(H,22,23)/p+1/t13-/m1/s1. The van der Waals surface area contributed by atoms with Gasteiger partial charge in [-0.2, -0.15) is 0 Å². The van der Waals surface area contributed by atoms with Crippen LogP contribution in [-0.2, 0) is 4.79 Å². The lowest BCUT2D eigenvalue weighted by Crippen LogP contribution is -2.86. The van der Waals surface area contributed by atoms with Crippen molar-refractivity contribution in [3.63, 3.8) is 0 Å². The monoisotopic (exact) mass is 351 g/mol. The van der Waals surface area contributed by atoms with Gasteiger partial charge in [0.15, 0.2) is 6.54 Å². The van der Waals surface area contributed by atoms with Crippen LogP contribution in [-0.4, -0.2) is 12.5 Å². The molecule has 0 saturated heterocycles. The van der Waals surface area contributed by atoms with E-state index in [0.717, 1.165) is 16.7 Å². The molecule has 1 amide bonds. The Morgan fingerprint density at radius 3 is 2.61 bits per heavy atom. The van der Waals surface area contributed by atoms with Crippen LogP contribution in [0, 0.1) is 13.8 Å². The van der Waals surface area contributed by atoms with Crippen molar-refractivity contribution in [3.8, 4) is 0 Å². The minimum Gasteiger partial charge on any atom is -0.333 e. The summed E-state index contributed by atoms with van der Waals surface area (Å²) in [5.74, 6) is -0.0762. The van der Waals surface area contributed by atoms with Crippen molar-refractivity contribution >= 4 is 34.8 Å². The molecule has 0 radical (unpaired) electrons. The molecule has 0 bridgehead atoms. The van der Waals surface area contributed by atoms with E-state index in [1.54, 1.807) is 0 Å². The second-order valence-corrected chi connectivity index (χ2v) is 6.61. The van der Waals surface area contributed by atoms with Crippen LogP contribution in [0.3, 0.4) is 0 Å². The van der Waals surface area contributed by atoms with Gasteiger partial charge in [-0.05, 0) is 50.1 Å². The Bertz CT molecular complexity index is 693. The minimum atomic E-state index is -0.0762. The number of amides is 1. The first-order valence-corrected chi connectivity index (χ1v) is 8.28. The molecule has 3 nitrogen and oxygen atoms in total. The van der Waals surface area contributed by atoms with E-state index in [4.69, 9.17) is 23.2 Å². The maximum absolute atomic E-state index is 12.2. The Morgan fingerprint density at radius 1 is 1.22 bits per heavy atom. The lowest BCUT2D eigenvalue weighted by Gasteiger charge is -2.13. The molecule has 0 aliphatic rings. The molecule has 23 heavy (non-hydrogen) atoms. The maximum atomic E-state index is 12.2. The van der Waals surface area contributed by atoms with Crippen LogP contribution in [0.25, 0.3) is 0 Å². The van der Waals surface area contributed by atoms with Gasteiger partial charge in [0.05, 0.1) is 10.7 Å². The van der Waals surface area contributed by atoms with Crippen molar-refractivity contribution in [1.29, 1.82) is 0 Å². The molecule has 3 N–H and O–H groups in total. The molecule has 2 rings (SSSR count). The average Bonchev–Trinajstić information content (AvgIpc) is 2.48. The third-order valence-corrected chi connectivity index (χ3v) is 4.26. The molecular formula is C18H21Cl2N2O+. The summed E-state index contributed by atoms with van der Waals surface area (Å²) in [6.07, 6.45) is 0. The van der Waals surface area contributed by atoms with Crippen LogP contribution in [0.5, 0.6) is 0 Å². The number of nitrogens with two attached hydrogens (primary N) is 1. The first-order chi connectivity index (χ1) is 10.9. The van der Waals surface area contributed by atoms with Crippen LogP contribution >= 0.6 is 23.2 Å². The highest BCUT2D eigenvalue weighted by Gasteiger charge is 2.14. The molecule has 5 heteroatoms. The topological polar surface area (TPSA) is 45.7 Å². The van der Waals surface area contributed by atoms with Gasteiger partial charge in [0.1, 0.15) is 6.04 Å². The fourth-order valence-corrected chi connectivity index (χ4v) is 3.04. The number of aryl methyl sites for hydroxylation is 2. The van der Waals surface area contributed by atoms with E-state index in [-0.39, 0.29) is 11.9 Å². The van der Waals surface area contributed by atoms with Crippen molar-refractivity contribution in [2.24, 2.45) is 0 Å². The van der Waals surface area contributed by atoms with Gasteiger partial charge in [-0.15, -0.1) is 0 Å². The van der Waals surface area contributed by atoms with E-state index in [0.29, 0.717) is 22.3 Å². The predicted octanol–water partition coefficient (Wildman–Crippen LogP) is 3.87. The van der Waals surface area contributed by atoms with Crippen LogP contribution in [0.4, 0.5) is 5.69 Å². The number of nitrogens with one attached hydrogen (secondary N) is 1. The van der Waals surface area contributed by atoms with Crippen molar-refractivity contribution in [2.75, 3.05) is 11.9 Å². The summed E-state index contributed by atoms with van der Waals surface area (Å²) in [6, 6.07) is 11.7. The molecule has 2 aromatic rings. The van der Waals surface area contributed by atoms with Gasteiger partial charge in [0, 0.05) is 10.6 Å². The Labute approximate surface area is 147 Å². The average molecular weight is 352 g/mol. The molecule has 1 atom stereocenters. The third kappa shape index (κ3) is 4.96. The first kappa shape index (κ1) is 17.8. The summed E-state index contributed by atoms with van der Waals surface area (Å²) >= 11 is 12.2. The van der Waals surface area contributed by atoms with Gasteiger partial charge in [-0.1, -0.05) is 41.4 Å². The summed E-state index contributed by atoms with van der Waals surface area (Å²) in [5, 5.41) is 6.14. The molecule has 122 valence electrons. The Balaban J connectivity index is 1.95. The maximum Gasteiger partial charge on any atom is 0.279 e. The highest BCUT2D eigenvalue weighted by Crippen LogP contribution is 2.27. The summed E-state index contributed by atoms with van der Waals surface area (Å²) in [6.45, 7) is 6.28. The van der Waals surface area contributed by atoms with E-state index < -0.39 is 0 Å². The van der Waals surface area contributed by atoms with Crippen molar-refractivity contribution in [3.05, 3.63) is 63.1 Å². The van der Waals surface area contributed by atoms with E-state index in [1.807, 2.05) is 62.5 Å². The van der Waals surface area contributed by atoms with E-state index in [9.17, 15) is 4.79 Å².